The highest BCUT2D eigenvalue weighted by Gasteiger charge is 2.14. The van der Waals surface area contributed by atoms with Gasteiger partial charge in [-0.25, -0.2) is 0 Å². The Morgan fingerprint density at radius 3 is 2.59 bits per heavy atom. The molecule has 2 aromatic carbocycles. The fraction of sp³-hybridized carbons (Fsp3) is 0.250. The van der Waals surface area contributed by atoms with Gasteiger partial charge in [-0.3, -0.25) is 14.4 Å². The Hall–Kier alpha value is -3.19. The summed E-state index contributed by atoms with van der Waals surface area (Å²) in [5.74, 6) is -0.435. The molecule has 3 aromatic rings. The molecule has 0 saturated carbocycles. The number of rotatable bonds is 5. The number of carbonyl (C=O) groups is 2. The topological polar surface area (TPSA) is 94.3 Å². The first-order valence-corrected chi connectivity index (χ1v) is 8.66. The van der Waals surface area contributed by atoms with Crippen LogP contribution in [0.1, 0.15) is 17.3 Å². The molecule has 0 spiro atoms. The van der Waals surface area contributed by atoms with Crippen molar-refractivity contribution in [3.05, 3.63) is 52.2 Å². The number of pyridine rings is 1. The Labute approximate surface area is 156 Å². The molecule has 3 N–H and O–H groups in total. The van der Waals surface area contributed by atoms with Crippen LogP contribution in [-0.4, -0.2) is 48.9 Å². The molecule has 0 atom stereocenters. The Morgan fingerprint density at radius 1 is 1.11 bits per heavy atom. The number of hydrogen-bond acceptors (Lipinski definition) is 4. The van der Waals surface area contributed by atoms with Crippen molar-refractivity contribution in [3.63, 3.8) is 0 Å². The zero-order valence-corrected chi connectivity index (χ0v) is 15.6. The predicted octanol–water partition coefficient (Wildman–Crippen LogP) is 1.93. The van der Waals surface area contributed by atoms with E-state index in [0.717, 1.165) is 6.54 Å². The minimum atomic E-state index is -0.229. The van der Waals surface area contributed by atoms with Gasteiger partial charge in [0.1, 0.15) is 0 Å². The normalized spacial score (nSPS) is 11.1. The zero-order chi connectivity index (χ0) is 19.6. The highest BCUT2D eigenvalue weighted by molar-refractivity contribution is 6.08. The highest BCUT2D eigenvalue weighted by atomic mass is 16.2. The van der Waals surface area contributed by atoms with Crippen LogP contribution in [-0.2, 0) is 4.79 Å². The van der Waals surface area contributed by atoms with Crippen molar-refractivity contribution >= 4 is 39.3 Å². The third kappa shape index (κ3) is 3.98. The van der Waals surface area contributed by atoms with E-state index < -0.39 is 0 Å². The average molecular weight is 366 g/mol. The second-order valence-electron chi connectivity index (χ2n) is 6.68. The first kappa shape index (κ1) is 18.6. The number of para-hydroxylation sites is 1. The number of fused-ring (bicyclic) bond motifs is 2. The third-order valence-electron chi connectivity index (χ3n) is 4.24. The van der Waals surface area contributed by atoms with E-state index >= 15 is 0 Å². The van der Waals surface area contributed by atoms with Crippen LogP contribution >= 0.6 is 0 Å². The standard InChI is InChI=1S/C20H22N4O3/c1-12(25)22-13-7-8-17-16(11-13)19(26)14-5-4-6-15(18(14)23-17)20(27)21-9-10-24(2)3/h4-8,11H,9-10H2,1-3H3,(H,21,27)(H,22,25)(H,23,26). The second-order valence-corrected chi connectivity index (χ2v) is 6.68. The molecule has 0 aliphatic carbocycles. The molecule has 0 fully saturated rings. The fourth-order valence-corrected chi connectivity index (χ4v) is 2.96. The van der Waals surface area contributed by atoms with Gasteiger partial charge in [-0.05, 0) is 44.4 Å². The van der Waals surface area contributed by atoms with Gasteiger partial charge in [-0.2, -0.15) is 0 Å². The van der Waals surface area contributed by atoms with Crippen molar-refractivity contribution in [2.24, 2.45) is 0 Å². The summed E-state index contributed by atoms with van der Waals surface area (Å²) in [5.41, 5.74) is 1.90. The molecule has 3 rings (SSSR count). The summed E-state index contributed by atoms with van der Waals surface area (Å²) in [6.07, 6.45) is 0. The van der Waals surface area contributed by atoms with Crippen molar-refractivity contribution in [2.45, 2.75) is 6.92 Å². The van der Waals surface area contributed by atoms with E-state index in [0.29, 0.717) is 39.6 Å². The minimum absolute atomic E-state index is 0.186. The van der Waals surface area contributed by atoms with Crippen LogP contribution < -0.4 is 16.1 Å². The van der Waals surface area contributed by atoms with Crippen LogP contribution in [0.3, 0.4) is 0 Å². The summed E-state index contributed by atoms with van der Waals surface area (Å²) < 4.78 is 0. The molecule has 27 heavy (non-hydrogen) atoms. The number of H-pyrrole nitrogens is 1. The van der Waals surface area contributed by atoms with Crippen LogP contribution in [0.5, 0.6) is 0 Å². The number of amides is 2. The molecule has 0 saturated heterocycles. The summed E-state index contributed by atoms with van der Waals surface area (Å²) in [6, 6.07) is 10.2. The minimum Gasteiger partial charge on any atom is -0.354 e. The Balaban J connectivity index is 2.07. The summed E-state index contributed by atoms with van der Waals surface area (Å²) in [4.78, 5) is 41.9. The van der Waals surface area contributed by atoms with Crippen LogP contribution in [0.2, 0.25) is 0 Å². The highest BCUT2D eigenvalue weighted by Crippen LogP contribution is 2.21. The van der Waals surface area contributed by atoms with Crippen LogP contribution in [0.15, 0.2) is 41.2 Å². The van der Waals surface area contributed by atoms with E-state index in [9.17, 15) is 14.4 Å². The molecular weight excluding hydrogens is 344 g/mol. The Kier molecular flexibility index (Phi) is 5.23. The van der Waals surface area contributed by atoms with E-state index in [1.54, 1.807) is 36.4 Å². The van der Waals surface area contributed by atoms with E-state index in [-0.39, 0.29) is 17.2 Å². The number of aromatic nitrogens is 1. The smallest absolute Gasteiger partial charge is 0.253 e. The van der Waals surface area contributed by atoms with E-state index in [1.807, 2.05) is 19.0 Å². The van der Waals surface area contributed by atoms with Crippen LogP contribution in [0, 0.1) is 0 Å². The number of nitrogens with zero attached hydrogens (tertiary/aromatic N) is 1. The zero-order valence-electron chi connectivity index (χ0n) is 15.6. The second kappa shape index (κ2) is 7.59. The molecule has 7 nitrogen and oxygen atoms in total. The Morgan fingerprint density at radius 2 is 1.89 bits per heavy atom. The molecule has 1 heterocycles. The Bertz CT molecular complexity index is 1090. The summed E-state index contributed by atoms with van der Waals surface area (Å²) >= 11 is 0. The first-order chi connectivity index (χ1) is 12.9. The van der Waals surface area contributed by atoms with Crippen LogP contribution in [0.4, 0.5) is 5.69 Å². The van der Waals surface area contributed by atoms with Gasteiger partial charge >= 0.3 is 0 Å². The molecule has 0 radical (unpaired) electrons. The molecule has 7 heteroatoms. The number of aromatic amines is 1. The maximum Gasteiger partial charge on any atom is 0.253 e. The number of likely N-dealkylation sites (N-methyl/N-ethyl adjacent to an activating group) is 1. The van der Waals surface area contributed by atoms with Gasteiger partial charge in [-0.15, -0.1) is 0 Å². The van der Waals surface area contributed by atoms with Crippen molar-refractivity contribution in [2.75, 3.05) is 32.5 Å². The molecule has 0 aliphatic heterocycles. The predicted molar refractivity (Wildman–Crippen MR) is 107 cm³/mol. The van der Waals surface area contributed by atoms with Gasteiger partial charge in [0.15, 0.2) is 5.43 Å². The lowest BCUT2D eigenvalue weighted by molar-refractivity contribution is -0.114. The number of hydrogen-bond donors (Lipinski definition) is 3. The summed E-state index contributed by atoms with van der Waals surface area (Å²) in [5, 5.41) is 6.44. The van der Waals surface area contributed by atoms with Crippen molar-refractivity contribution < 1.29 is 9.59 Å². The van der Waals surface area contributed by atoms with Gasteiger partial charge in [0.25, 0.3) is 5.91 Å². The number of anilines is 1. The van der Waals surface area contributed by atoms with Gasteiger partial charge in [-0.1, -0.05) is 6.07 Å². The number of nitrogens with one attached hydrogen (secondary N) is 3. The van der Waals surface area contributed by atoms with Crippen molar-refractivity contribution in [1.82, 2.24) is 15.2 Å². The lowest BCUT2D eigenvalue weighted by Gasteiger charge is -2.12. The first-order valence-electron chi connectivity index (χ1n) is 8.66. The molecule has 0 unspecified atom stereocenters. The molecule has 0 aliphatic rings. The van der Waals surface area contributed by atoms with Gasteiger partial charge in [0.2, 0.25) is 5.91 Å². The summed E-state index contributed by atoms with van der Waals surface area (Å²) in [7, 11) is 3.87. The van der Waals surface area contributed by atoms with Crippen LogP contribution in [0.25, 0.3) is 21.8 Å². The largest absolute Gasteiger partial charge is 0.354 e. The molecule has 1 aromatic heterocycles. The van der Waals surface area contributed by atoms with Crippen molar-refractivity contribution in [3.8, 4) is 0 Å². The molecule has 0 bridgehead atoms. The van der Waals surface area contributed by atoms with E-state index in [4.69, 9.17) is 0 Å². The maximum absolute atomic E-state index is 12.9. The van der Waals surface area contributed by atoms with E-state index in [2.05, 4.69) is 15.6 Å². The lowest BCUT2D eigenvalue weighted by atomic mass is 10.1. The number of benzene rings is 2. The molecule has 2 amide bonds. The van der Waals surface area contributed by atoms with Crippen molar-refractivity contribution in [1.29, 1.82) is 0 Å². The van der Waals surface area contributed by atoms with Gasteiger partial charge in [0.05, 0.1) is 11.1 Å². The summed E-state index contributed by atoms with van der Waals surface area (Å²) in [6.45, 7) is 2.65. The van der Waals surface area contributed by atoms with Gasteiger partial charge < -0.3 is 20.5 Å². The molecule has 140 valence electrons. The van der Waals surface area contributed by atoms with Gasteiger partial charge in [0, 0.05) is 42.0 Å². The molecular formula is C20H22N4O3. The average Bonchev–Trinajstić information content (AvgIpc) is 2.61. The quantitative estimate of drug-likeness (QED) is 0.602. The monoisotopic (exact) mass is 366 g/mol. The number of carbonyl (C=O) groups excluding carboxylic acids is 2. The lowest BCUT2D eigenvalue weighted by Crippen LogP contribution is -2.31. The third-order valence-corrected chi connectivity index (χ3v) is 4.24. The fourth-order valence-electron chi connectivity index (χ4n) is 2.96. The van der Waals surface area contributed by atoms with E-state index in [1.165, 1.54) is 6.92 Å². The maximum atomic E-state index is 12.9. The SMILES string of the molecule is CC(=O)Nc1ccc2[nH]c3c(C(=O)NCCN(C)C)cccc3c(=O)c2c1.